The second kappa shape index (κ2) is 4.14. The first kappa shape index (κ1) is 9.10. The summed E-state index contributed by atoms with van der Waals surface area (Å²) in [6.07, 6.45) is 1.95. The molecule has 0 unspecified atom stereocenters. The smallest absolute Gasteiger partial charge is 0.133 e. The van der Waals surface area contributed by atoms with Crippen molar-refractivity contribution in [2.45, 2.75) is 38.5 Å². The summed E-state index contributed by atoms with van der Waals surface area (Å²) in [7, 11) is 0. The van der Waals surface area contributed by atoms with Gasteiger partial charge in [0, 0.05) is 38.5 Å². The molecule has 1 saturated carbocycles. The van der Waals surface area contributed by atoms with E-state index in [0.29, 0.717) is 38.5 Å². The zero-order valence-electron chi connectivity index (χ0n) is 6.97. The van der Waals surface area contributed by atoms with Crippen molar-refractivity contribution in [3.8, 4) is 0 Å². The van der Waals surface area contributed by atoms with Crippen LogP contribution in [0.5, 0.6) is 0 Å². The van der Waals surface area contributed by atoms with Crippen LogP contribution in [0.2, 0.25) is 0 Å². The van der Waals surface area contributed by atoms with Crippen molar-refractivity contribution in [3.05, 3.63) is 0 Å². The Morgan fingerprint density at radius 3 is 0.833 bits per heavy atom. The summed E-state index contributed by atoms with van der Waals surface area (Å²) >= 11 is 0. The summed E-state index contributed by atoms with van der Waals surface area (Å²) in [4.78, 5) is 32.9. The first-order chi connectivity index (χ1) is 5.68. The van der Waals surface area contributed by atoms with Crippen LogP contribution in [-0.2, 0) is 14.4 Å². The molecule has 66 valence electrons. The predicted molar refractivity (Wildman–Crippen MR) is 42.7 cm³/mol. The molecule has 0 aliphatic heterocycles. The number of ketones is 3. The van der Waals surface area contributed by atoms with Crippen LogP contribution in [0.25, 0.3) is 0 Å². The van der Waals surface area contributed by atoms with Gasteiger partial charge in [0.25, 0.3) is 0 Å². The minimum absolute atomic E-state index is 0.0404. The van der Waals surface area contributed by atoms with Crippen LogP contribution in [0.15, 0.2) is 0 Å². The fourth-order valence-electron chi connectivity index (χ4n) is 1.21. The summed E-state index contributed by atoms with van der Waals surface area (Å²) in [6.45, 7) is 0. The van der Waals surface area contributed by atoms with Crippen LogP contribution < -0.4 is 0 Å². The van der Waals surface area contributed by atoms with Crippen LogP contribution in [-0.4, -0.2) is 17.3 Å². The van der Waals surface area contributed by atoms with Crippen molar-refractivity contribution in [3.63, 3.8) is 0 Å². The molecule has 1 aliphatic carbocycles. The van der Waals surface area contributed by atoms with E-state index in [1.165, 1.54) is 0 Å². The van der Waals surface area contributed by atoms with E-state index in [4.69, 9.17) is 0 Å². The van der Waals surface area contributed by atoms with Crippen LogP contribution in [0.3, 0.4) is 0 Å². The molecule has 3 heteroatoms. The zero-order valence-corrected chi connectivity index (χ0v) is 6.97. The van der Waals surface area contributed by atoms with Gasteiger partial charge >= 0.3 is 0 Å². The molecule has 0 bridgehead atoms. The fraction of sp³-hybridized carbons (Fsp3) is 0.667. The Balaban J connectivity index is 2.52. The maximum absolute atomic E-state index is 11.0. The van der Waals surface area contributed by atoms with E-state index < -0.39 is 0 Å². The summed E-state index contributed by atoms with van der Waals surface area (Å²) in [5.74, 6) is 0.121. The highest BCUT2D eigenvalue weighted by Crippen LogP contribution is 2.09. The van der Waals surface area contributed by atoms with Gasteiger partial charge in [-0.2, -0.15) is 0 Å². The number of rotatable bonds is 0. The molecule has 0 N–H and O–H groups in total. The Morgan fingerprint density at radius 2 is 0.667 bits per heavy atom. The lowest BCUT2D eigenvalue weighted by Crippen LogP contribution is -2.01. The molecule has 0 radical (unpaired) electrons. The molecular weight excluding hydrogens is 156 g/mol. The number of hydrogen-bond donors (Lipinski definition) is 0. The van der Waals surface area contributed by atoms with Gasteiger partial charge in [0.1, 0.15) is 17.3 Å². The molecule has 1 rings (SSSR count). The van der Waals surface area contributed by atoms with E-state index in [1.54, 1.807) is 0 Å². The number of carbonyl (C=O) groups excluding carboxylic acids is 3. The molecule has 1 aliphatic rings. The van der Waals surface area contributed by atoms with Crippen molar-refractivity contribution in [1.82, 2.24) is 0 Å². The van der Waals surface area contributed by atoms with Gasteiger partial charge < -0.3 is 0 Å². The minimum Gasteiger partial charge on any atom is -0.300 e. The molecule has 12 heavy (non-hydrogen) atoms. The highest BCUT2D eigenvalue weighted by atomic mass is 16.1. The third-order valence-corrected chi connectivity index (χ3v) is 2.05. The monoisotopic (exact) mass is 168 g/mol. The van der Waals surface area contributed by atoms with E-state index in [2.05, 4.69) is 0 Å². The average Bonchev–Trinajstić information content (AvgIpc) is 2.11. The maximum Gasteiger partial charge on any atom is 0.133 e. The Bertz CT molecular complexity index is 162. The predicted octanol–water partition coefficient (Wildman–Crippen LogP) is 1.05. The van der Waals surface area contributed by atoms with Crippen LogP contribution in [0.4, 0.5) is 0 Å². The third-order valence-electron chi connectivity index (χ3n) is 2.05. The van der Waals surface area contributed by atoms with Gasteiger partial charge in [0.15, 0.2) is 0 Å². The lowest BCUT2D eigenvalue weighted by Gasteiger charge is -1.93. The number of carbonyl (C=O) groups is 3. The second-order valence-electron chi connectivity index (χ2n) is 3.12. The van der Waals surface area contributed by atoms with Crippen molar-refractivity contribution < 1.29 is 14.4 Å². The Hall–Kier alpha value is -0.990. The normalized spacial score (nSPS) is 21.5. The van der Waals surface area contributed by atoms with Gasteiger partial charge in [-0.1, -0.05) is 0 Å². The molecule has 0 atom stereocenters. The van der Waals surface area contributed by atoms with Crippen molar-refractivity contribution in [1.29, 1.82) is 0 Å². The lowest BCUT2D eigenvalue weighted by molar-refractivity contribution is -0.123. The topological polar surface area (TPSA) is 51.2 Å². The first-order valence-corrected chi connectivity index (χ1v) is 4.23. The minimum atomic E-state index is 0.0404. The SMILES string of the molecule is O=C1CCC(=O)CCC(=O)CC1. The molecule has 0 aromatic carbocycles. The fourth-order valence-corrected chi connectivity index (χ4v) is 1.21. The van der Waals surface area contributed by atoms with E-state index in [1.807, 2.05) is 0 Å². The molecule has 3 nitrogen and oxygen atoms in total. The molecule has 0 aromatic heterocycles. The molecule has 0 saturated heterocycles. The number of hydrogen-bond acceptors (Lipinski definition) is 3. The van der Waals surface area contributed by atoms with Crippen LogP contribution in [0.1, 0.15) is 38.5 Å². The van der Waals surface area contributed by atoms with Gasteiger partial charge in [-0.15, -0.1) is 0 Å². The van der Waals surface area contributed by atoms with Gasteiger partial charge in [0.05, 0.1) is 0 Å². The van der Waals surface area contributed by atoms with E-state index >= 15 is 0 Å². The summed E-state index contributed by atoms with van der Waals surface area (Å²) in [5, 5.41) is 0. The molecule has 0 spiro atoms. The third kappa shape index (κ3) is 2.95. The van der Waals surface area contributed by atoms with Crippen LogP contribution >= 0.6 is 0 Å². The molecule has 1 fully saturated rings. The highest BCUT2D eigenvalue weighted by Gasteiger charge is 2.14. The molecule has 0 amide bonds. The van der Waals surface area contributed by atoms with Gasteiger partial charge in [-0.25, -0.2) is 0 Å². The van der Waals surface area contributed by atoms with E-state index in [9.17, 15) is 14.4 Å². The summed E-state index contributed by atoms with van der Waals surface area (Å²) in [6, 6.07) is 0. The van der Waals surface area contributed by atoms with Crippen molar-refractivity contribution in [2.24, 2.45) is 0 Å². The van der Waals surface area contributed by atoms with Crippen LogP contribution in [0, 0.1) is 0 Å². The molecular formula is C9H12O3. The standard InChI is InChI=1S/C9H12O3/c10-7-1-2-8(11)5-6-9(12)4-3-7/h1-6H2. The average molecular weight is 168 g/mol. The van der Waals surface area contributed by atoms with Crippen molar-refractivity contribution >= 4 is 17.3 Å². The molecule has 0 aromatic rings. The van der Waals surface area contributed by atoms with Gasteiger partial charge in [0.2, 0.25) is 0 Å². The Kier molecular flexibility index (Phi) is 3.14. The van der Waals surface area contributed by atoms with Gasteiger partial charge in [-0.3, -0.25) is 14.4 Å². The lowest BCUT2D eigenvalue weighted by atomic mass is 10.1. The quantitative estimate of drug-likeness (QED) is 0.543. The molecule has 0 heterocycles. The Morgan fingerprint density at radius 1 is 0.500 bits per heavy atom. The summed E-state index contributed by atoms with van der Waals surface area (Å²) < 4.78 is 0. The second-order valence-corrected chi connectivity index (χ2v) is 3.12. The largest absolute Gasteiger partial charge is 0.300 e. The highest BCUT2D eigenvalue weighted by molar-refractivity contribution is 5.92. The maximum atomic E-state index is 11.0. The van der Waals surface area contributed by atoms with Gasteiger partial charge in [-0.05, 0) is 0 Å². The first-order valence-electron chi connectivity index (χ1n) is 4.23. The van der Waals surface area contributed by atoms with Crippen molar-refractivity contribution in [2.75, 3.05) is 0 Å². The zero-order chi connectivity index (χ0) is 8.97. The summed E-state index contributed by atoms with van der Waals surface area (Å²) in [5.41, 5.74) is 0. The Labute approximate surface area is 71.1 Å². The van der Waals surface area contributed by atoms with E-state index in [-0.39, 0.29) is 17.3 Å². The number of Topliss-reactive ketones (excluding diaryl/α,β-unsaturated/α-hetero) is 3. The van der Waals surface area contributed by atoms with E-state index in [0.717, 1.165) is 0 Å².